The van der Waals surface area contributed by atoms with Gasteiger partial charge in [0.25, 0.3) is 0 Å². The number of rotatable bonds is 6. The van der Waals surface area contributed by atoms with Gasteiger partial charge in [0, 0.05) is 32.4 Å². The van der Waals surface area contributed by atoms with E-state index in [1.807, 2.05) is 54.3 Å². The minimum atomic E-state index is 0.104. The summed E-state index contributed by atoms with van der Waals surface area (Å²) in [5.41, 5.74) is 0.852. The average Bonchev–Trinajstić information content (AvgIpc) is 2.68. The molecule has 0 spiro atoms. The maximum Gasteiger partial charge on any atom is 0.241 e. The molecule has 0 radical (unpaired) electrons. The molecule has 1 fully saturated rings. The largest absolute Gasteiger partial charge is 0.492 e. The summed E-state index contributed by atoms with van der Waals surface area (Å²) in [5.74, 6) is 1.85. The first-order valence-electron chi connectivity index (χ1n) is 8.67. The topological polar surface area (TPSA) is 57.7 Å². The molecule has 2 aromatic rings. The fourth-order valence-corrected chi connectivity index (χ4v) is 2.90. The highest BCUT2D eigenvalue weighted by Crippen LogP contribution is 2.23. The smallest absolute Gasteiger partial charge is 0.241 e. The first-order valence-corrected chi connectivity index (χ1v) is 8.67. The molecule has 1 saturated heterocycles. The number of aromatic nitrogens is 1. The minimum Gasteiger partial charge on any atom is -0.492 e. The first kappa shape index (κ1) is 17.1. The molecule has 0 saturated carbocycles. The first-order chi connectivity index (χ1) is 12.3. The average molecular weight is 340 g/mol. The number of nitrogens with zero attached hydrogens (tertiary/aromatic N) is 3. The van der Waals surface area contributed by atoms with E-state index in [2.05, 4.69) is 15.2 Å². The summed E-state index contributed by atoms with van der Waals surface area (Å²) in [6.07, 6.45) is 1.80. The molecule has 1 N–H and O–H groups in total. The van der Waals surface area contributed by atoms with Crippen molar-refractivity contribution in [2.24, 2.45) is 0 Å². The minimum absolute atomic E-state index is 0.104. The van der Waals surface area contributed by atoms with Crippen LogP contribution in [-0.2, 0) is 4.79 Å². The summed E-state index contributed by atoms with van der Waals surface area (Å²) in [7, 11) is 0. The molecule has 1 aliphatic rings. The third-order valence-corrected chi connectivity index (χ3v) is 4.22. The Bertz CT molecular complexity index is 685. The molecular weight excluding hydrogens is 316 g/mol. The van der Waals surface area contributed by atoms with Gasteiger partial charge in [0.05, 0.1) is 18.8 Å². The zero-order valence-electron chi connectivity index (χ0n) is 14.5. The molecular formula is C19H24N4O2. The number of amides is 1. The second kappa shape index (κ2) is 8.37. The molecule has 0 bridgehead atoms. The molecule has 1 amide bonds. The molecule has 1 aromatic carbocycles. The highest BCUT2D eigenvalue weighted by Gasteiger charge is 2.21. The molecule has 2 heterocycles. The van der Waals surface area contributed by atoms with Crippen molar-refractivity contribution in [3.05, 3.63) is 48.7 Å². The highest BCUT2D eigenvalue weighted by molar-refractivity contribution is 5.81. The van der Waals surface area contributed by atoms with Crippen LogP contribution in [-0.4, -0.2) is 55.1 Å². The van der Waals surface area contributed by atoms with Gasteiger partial charge < -0.3 is 19.9 Å². The molecule has 132 valence electrons. The van der Waals surface area contributed by atoms with Crippen LogP contribution in [0.1, 0.15) is 6.92 Å². The van der Waals surface area contributed by atoms with Gasteiger partial charge in [-0.15, -0.1) is 0 Å². The van der Waals surface area contributed by atoms with Crippen LogP contribution in [0.3, 0.4) is 0 Å². The Morgan fingerprint density at radius 1 is 1.12 bits per heavy atom. The van der Waals surface area contributed by atoms with Crippen LogP contribution >= 0.6 is 0 Å². The van der Waals surface area contributed by atoms with E-state index >= 15 is 0 Å². The van der Waals surface area contributed by atoms with E-state index in [4.69, 9.17) is 4.74 Å². The van der Waals surface area contributed by atoms with Gasteiger partial charge in [-0.2, -0.15) is 0 Å². The van der Waals surface area contributed by atoms with Crippen molar-refractivity contribution in [1.82, 2.24) is 9.88 Å². The van der Waals surface area contributed by atoms with Crippen LogP contribution in [0.15, 0.2) is 48.7 Å². The second-order valence-electron chi connectivity index (χ2n) is 5.84. The summed E-state index contributed by atoms with van der Waals surface area (Å²) in [6, 6.07) is 13.6. The summed E-state index contributed by atoms with van der Waals surface area (Å²) >= 11 is 0. The fourth-order valence-electron chi connectivity index (χ4n) is 2.90. The maximum atomic E-state index is 12.5. The van der Waals surface area contributed by atoms with E-state index in [-0.39, 0.29) is 12.5 Å². The number of piperazine rings is 1. The molecule has 0 aliphatic carbocycles. The summed E-state index contributed by atoms with van der Waals surface area (Å²) in [5, 5.41) is 3.20. The van der Waals surface area contributed by atoms with E-state index in [9.17, 15) is 4.79 Å². The molecule has 6 nitrogen and oxygen atoms in total. The lowest BCUT2D eigenvalue weighted by molar-refractivity contribution is -0.129. The predicted octanol–water partition coefficient (Wildman–Crippen LogP) is 2.24. The van der Waals surface area contributed by atoms with Crippen LogP contribution in [0.4, 0.5) is 11.5 Å². The van der Waals surface area contributed by atoms with Gasteiger partial charge in [-0.1, -0.05) is 18.2 Å². The molecule has 25 heavy (non-hydrogen) atoms. The van der Waals surface area contributed by atoms with Crippen molar-refractivity contribution in [2.75, 3.05) is 49.5 Å². The van der Waals surface area contributed by atoms with E-state index < -0.39 is 0 Å². The number of pyridine rings is 1. The maximum absolute atomic E-state index is 12.5. The molecule has 0 unspecified atom stereocenters. The van der Waals surface area contributed by atoms with Crippen molar-refractivity contribution >= 4 is 17.4 Å². The quantitative estimate of drug-likeness (QED) is 0.874. The molecule has 0 atom stereocenters. The van der Waals surface area contributed by atoms with Crippen LogP contribution in [0.25, 0.3) is 0 Å². The monoisotopic (exact) mass is 340 g/mol. The van der Waals surface area contributed by atoms with E-state index in [0.717, 1.165) is 30.3 Å². The van der Waals surface area contributed by atoms with Crippen molar-refractivity contribution in [2.45, 2.75) is 6.92 Å². The Hall–Kier alpha value is -2.76. The zero-order valence-corrected chi connectivity index (χ0v) is 14.5. The Labute approximate surface area is 148 Å². The number of hydrogen-bond acceptors (Lipinski definition) is 5. The van der Waals surface area contributed by atoms with Crippen LogP contribution < -0.4 is 15.0 Å². The third-order valence-electron chi connectivity index (χ3n) is 4.22. The van der Waals surface area contributed by atoms with E-state index in [0.29, 0.717) is 19.7 Å². The van der Waals surface area contributed by atoms with Crippen molar-refractivity contribution in [3.8, 4) is 5.75 Å². The number of benzene rings is 1. The summed E-state index contributed by atoms with van der Waals surface area (Å²) in [6.45, 7) is 5.85. The number of ether oxygens (including phenoxy) is 1. The lowest BCUT2D eigenvalue weighted by Gasteiger charge is -2.35. The predicted molar refractivity (Wildman–Crippen MR) is 99.1 cm³/mol. The van der Waals surface area contributed by atoms with Gasteiger partial charge in [0.15, 0.2) is 0 Å². The zero-order chi connectivity index (χ0) is 17.5. The van der Waals surface area contributed by atoms with E-state index in [1.54, 1.807) is 6.20 Å². The van der Waals surface area contributed by atoms with Crippen molar-refractivity contribution in [1.29, 1.82) is 0 Å². The van der Waals surface area contributed by atoms with Gasteiger partial charge in [-0.05, 0) is 31.2 Å². The van der Waals surface area contributed by atoms with Crippen LogP contribution in [0.2, 0.25) is 0 Å². The SMILES string of the molecule is CCOc1ccccc1NCC(=O)N1CCN(c2ccccn2)CC1. The van der Waals surface area contributed by atoms with Crippen LogP contribution in [0, 0.1) is 0 Å². The molecule has 1 aromatic heterocycles. The Morgan fingerprint density at radius 2 is 1.88 bits per heavy atom. The lowest BCUT2D eigenvalue weighted by atomic mass is 10.2. The number of hydrogen-bond donors (Lipinski definition) is 1. The standard InChI is InChI=1S/C19H24N4O2/c1-2-25-17-8-4-3-7-16(17)21-15-19(24)23-13-11-22(12-14-23)18-9-5-6-10-20-18/h3-10,21H,2,11-15H2,1H3. The Kier molecular flexibility index (Phi) is 5.72. The fraction of sp³-hybridized carbons (Fsp3) is 0.368. The normalized spacial score (nSPS) is 14.3. The summed E-state index contributed by atoms with van der Waals surface area (Å²) < 4.78 is 5.58. The van der Waals surface area contributed by atoms with Gasteiger partial charge in [-0.25, -0.2) is 4.98 Å². The second-order valence-corrected chi connectivity index (χ2v) is 5.84. The lowest BCUT2D eigenvalue weighted by Crippen LogP contribution is -2.50. The summed E-state index contributed by atoms with van der Waals surface area (Å²) in [4.78, 5) is 21.0. The number of carbonyl (C=O) groups excluding carboxylic acids is 1. The van der Waals surface area contributed by atoms with Crippen molar-refractivity contribution in [3.63, 3.8) is 0 Å². The van der Waals surface area contributed by atoms with Gasteiger partial charge >= 0.3 is 0 Å². The Morgan fingerprint density at radius 3 is 2.60 bits per heavy atom. The number of nitrogens with one attached hydrogen (secondary N) is 1. The highest BCUT2D eigenvalue weighted by atomic mass is 16.5. The molecule has 1 aliphatic heterocycles. The van der Waals surface area contributed by atoms with Crippen LogP contribution in [0.5, 0.6) is 5.75 Å². The molecule has 6 heteroatoms. The van der Waals surface area contributed by atoms with E-state index in [1.165, 1.54) is 0 Å². The number of carbonyl (C=O) groups is 1. The number of anilines is 2. The Balaban J connectivity index is 1.50. The number of para-hydroxylation sites is 2. The van der Waals surface area contributed by atoms with Crippen molar-refractivity contribution < 1.29 is 9.53 Å². The van der Waals surface area contributed by atoms with Gasteiger partial charge in [0.1, 0.15) is 11.6 Å². The molecule has 3 rings (SSSR count). The van der Waals surface area contributed by atoms with Gasteiger partial charge in [0.2, 0.25) is 5.91 Å². The third kappa shape index (κ3) is 4.41. The van der Waals surface area contributed by atoms with Gasteiger partial charge in [-0.3, -0.25) is 4.79 Å².